The Hall–Kier alpha value is -2.28. The molecule has 0 aliphatic rings. The molecule has 0 unspecified atom stereocenters. The molecular formula is C20H18Cl2N2O3S. The Labute approximate surface area is 177 Å². The van der Waals surface area contributed by atoms with Gasteiger partial charge in [-0.05, 0) is 42.8 Å². The average Bonchev–Trinajstić information content (AvgIpc) is 3.16. The third kappa shape index (κ3) is 5.61. The van der Waals surface area contributed by atoms with Crippen LogP contribution in [0.1, 0.15) is 13.3 Å². The van der Waals surface area contributed by atoms with Gasteiger partial charge in [0.15, 0.2) is 11.7 Å². The SMILES string of the molecule is CCCOc1ccc(-c2csc(NC(=O)COc3cc(Cl)ccc3Cl)n2)cc1. The summed E-state index contributed by atoms with van der Waals surface area (Å²) in [6, 6.07) is 12.5. The molecule has 28 heavy (non-hydrogen) atoms. The number of nitrogens with zero attached hydrogens (tertiary/aromatic N) is 1. The van der Waals surface area contributed by atoms with Gasteiger partial charge in [-0.2, -0.15) is 0 Å². The van der Waals surface area contributed by atoms with Crippen LogP contribution in [0.25, 0.3) is 11.3 Å². The fourth-order valence-electron chi connectivity index (χ4n) is 2.29. The predicted octanol–water partition coefficient (Wildman–Crippen LogP) is 5.92. The van der Waals surface area contributed by atoms with Crippen molar-refractivity contribution in [3.8, 4) is 22.8 Å². The lowest BCUT2D eigenvalue weighted by atomic mass is 10.2. The lowest BCUT2D eigenvalue weighted by Crippen LogP contribution is -2.20. The van der Waals surface area contributed by atoms with E-state index in [-0.39, 0.29) is 12.5 Å². The molecule has 0 bridgehead atoms. The number of ether oxygens (including phenoxy) is 2. The van der Waals surface area contributed by atoms with Crippen LogP contribution in [-0.4, -0.2) is 24.1 Å². The van der Waals surface area contributed by atoms with E-state index in [0.717, 1.165) is 23.4 Å². The highest BCUT2D eigenvalue weighted by Crippen LogP contribution is 2.28. The standard InChI is InChI=1S/C20H18Cl2N2O3S/c1-2-9-26-15-6-3-13(4-7-15)17-12-28-20(23-17)24-19(25)11-27-18-10-14(21)5-8-16(18)22/h3-8,10,12H,2,9,11H2,1H3,(H,23,24,25). The van der Waals surface area contributed by atoms with Gasteiger partial charge in [0.05, 0.1) is 17.3 Å². The number of hydrogen-bond acceptors (Lipinski definition) is 5. The summed E-state index contributed by atoms with van der Waals surface area (Å²) in [6.45, 7) is 2.56. The molecule has 1 heterocycles. The third-order valence-corrected chi connectivity index (χ3v) is 4.93. The van der Waals surface area contributed by atoms with Crippen LogP contribution in [0.3, 0.4) is 0 Å². The Kier molecular flexibility index (Phi) is 7.14. The normalized spacial score (nSPS) is 10.5. The van der Waals surface area contributed by atoms with Gasteiger partial charge >= 0.3 is 0 Å². The molecule has 8 heteroatoms. The number of amides is 1. The van der Waals surface area contributed by atoms with Crippen LogP contribution in [0.5, 0.6) is 11.5 Å². The van der Waals surface area contributed by atoms with Gasteiger partial charge in [0, 0.05) is 22.0 Å². The summed E-state index contributed by atoms with van der Waals surface area (Å²) in [5, 5.41) is 5.96. The van der Waals surface area contributed by atoms with Gasteiger partial charge in [0.25, 0.3) is 5.91 Å². The maximum Gasteiger partial charge on any atom is 0.264 e. The Morgan fingerprint density at radius 2 is 1.93 bits per heavy atom. The predicted molar refractivity (Wildman–Crippen MR) is 114 cm³/mol. The number of aromatic nitrogens is 1. The lowest BCUT2D eigenvalue weighted by molar-refractivity contribution is -0.118. The molecular weight excluding hydrogens is 419 g/mol. The minimum Gasteiger partial charge on any atom is -0.494 e. The zero-order valence-corrected chi connectivity index (χ0v) is 17.4. The van der Waals surface area contributed by atoms with Crippen molar-refractivity contribution in [1.29, 1.82) is 0 Å². The van der Waals surface area contributed by atoms with Crippen LogP contribution < -0.4 is 14.8 Å². The summed E-state index contributed by atoms with van der Waals surface area (Å²) in [5.74, 6) is 0.848. The second-order valence-electron chi connectivity index (χ2n) is 5.82. The monoisotopic (exact) mass is 436 g/mol. The van der Waals surface area contributed by atoms with E-state index < -0.39 is 0 Å². The number of anilines is 1. The van der Waals surface area contributed by atoms with Gasteiger partial charge in [-0.1, -0.05) is 30.1 Å². The van der Waals surface area contributed by atoms with Crippen molar-refractivity contribution < 1.29 is 14.3 Å². The van der Waals surface area contributed by atoms with Crippen LogP contribution in [0.2, 0.25) is 10.0 Å². The van der Waals surface area contributed by atoms with Gasteiger partial charge < -0.3 is 9.47 Å². The number of carbonyl (C=O) groups is 1. The number of rotatable bonds is 8. The maximum atomic E-state index is 12.1. The minimum atomic E-state index is -0.333. The molecule has 0 aliphatic carbocycles. The zero-order chi connectivity index (χ0) is 19.9. The number of halogens is 2. The summed E-state index contributed by atoms with van der Waals surface area (Å²) in [6.07, 6.45) is 0.962. The molecule has 0 saturated carbocycles. The summed E-state index contributed by atoms with van der Waals surface area (Å²) in [4.78, 5) is 16.6. The molecule has 1 aromatic heterocycles. The number of benzene rings is 2. The van der Waals surface area contributed by atoms with E-state index in [1.54, 1.807) is 18.2 Å². The molecule has 0 radical (unpaired) electrons. The molecule has 1 N–H and O–H groups in total. The van der Waals surface area contributed by atoms with E-state index >= 15 is 0 Å². The second kappa shape index (κ2) is 9.78. The first-order valence-corrected chi connectivity index (χ1v) is 10.2. The number of nitrogens with one attached hydrogen (secondary N) is 1. The van der Waals surface area contributed by atoms with E-state index in [0.29, 0.717) is 27.5 Å². The van der Waals surface area contributed by atoms with Crippen molar-refractivity contribution in [3.05, 3.63) is 57.9 Å². The van der Waals surface area contributed by atoms with Crippen molar-refractivity contribution in [3.63, 3.8) is 0 Å². The van der Waals surface area contributed by atoms with Gasteiger partial charge in [0.2, 0.25) is 0 Å². The molecule has 5 nitrogen and oxygen atoms in total. The molecule has 2 aromatic carbocycles. The van der Waals surface area contributed by atoms with Gasteiger partial charge in [0.1, 0.15) is 11.5 Å². The highest BCUT2D eigenvalue weighted by atomic mass is 35.5. The molecule has 0 aliphatic heterocycles. The Bertz CT molecular complexity index is 945. The summed E-state index contributed by atoms with van der Waals surface area (Å²) in [5.41, 5.74) is 1.73. The zero-order valence-electron chi connectivity index (χ0n) is 15.1. The molecule has 146 valence electrons. The molecule has 3 aromatic rings. The van der Waals surface area contributed by atoms with E-state index in [1.807, 2.05) is 29.6 Å². The number of carbonyl (C=O) groups excluding carboxylic acids is 1. The molecule has 0 spiro atoms. The van der Waals surface area contributed by atoms with Crippen molar-refractivity contribution in [2.45, 2.75) is 13.3 Å². The Morgan fingerprint density at radius 3 is 2.68 bits per heavy atom. The molecule has 1 amide bonds. The van der Waals surface area contributed by atoms with E-state index in [1.165, 1.54) is 11.3 Å². The second-order valence-corrected chi connectivity index (χ2v) is 7.52. The van der Waals surface area contributed by atoms with Gasteiger partial charge in [-0.25, -0.2) is 4.98 Å². The first-order chi connectivity index (χ1) is 13.5. The van der Waals surface area contributed by atoms with E-state index in [4.69, 9.17) is 32.7 Å². The minimum absolute atomic E-state index is 0.196. The quantitative estimate of drug-likeness (QED) is 0.475. The van der Waals surface area contributed by atoms with Crippen molar-refractivity contribution in [1.82, 2.24) is 4.98 Å². The fourth-order valence-corrected chi connectivity index (χ4v) is 3.36. The number of hydrogen-bond donors (Lipinski definition) is 1. The first-order valence-electron chi connectivity index (χ1n) is 8.61. The van der Waals surface area contributed by atoms with Gasteiger partial charge in [-0.15, -0.1) is 11.3 Å². The lowest BCUT2D eigenvalue weighted by Gasteiger charge is -2.07. The van der Waals surface area contributed by atoms with Gasteiger partial charge in [-0.3, -0.25) is 10.1 Å². The highest BCUT2D eigenvalue weighted by molar-refractivity contribution is 7.14. The van der Waals surface area contributed by atoms with Crippen LogP contribution in [-0.2, 0) is 4.79 Å². The van der Waals surface area contributed by atoms with E-state index in [9.17, 15) is 4.79 Å². The average molecular weight is 437 g/mol. The van der Waals surface area contributed by atoms with E-state index in [2.05, 4.69) is 17.2 Å². The van der Waals surface area contributed by atoms with Crippen LogP contribution >= 0.6 is 34.5 Å². The van der Waals surface area contributed by atoms with Crippen molar-refractivity contribution in [2.24, 2.45) is 0 Å². The summed E-state index contributed by atoms with van der Waals surface area (Å²) in [7, 11) is 0. The number of thiazole rings is 1. The molecule has 0 fully saturated rings. The van der Waals surface area contributed by atoms with Crippen molar-refractivity contribution in [2.75, 3.05) is 18.5 Å². The Morgan fingerprint density at radius 1 is 1.14 bits per heavy atom. The third-order valence-electron chi connectivity index (χ3n) is 3.63. The molecule has 3 rings (SSSR count). The first kappa shape index (κ1) is 20.5. The molecule has 0 atom stereocenters. The van der Waals surface area contributed by atoms with Crippen LogP contribution in [0.4, 0.5) is 5.13 Å². The van der Waals surface area contributed by atoms with Crippen molar-refractivity contribution >= 4 is 45.6 Å². The van der Waals surface area contributed by atoms with Crippen LogP contribution in [0.15, 0.2) is 47.8 Å². The summed E-state index contributed by atoms with van der Waals surface area (Å²) >= 11 is 13.3. The highest BCUT2D eigenvalue weighted by Gasteiger charge is 2.10. The van der Waals surface area contributed by atoms with Crippen LogP contribution in [0, 0.1) is 0 Å². The Balaban J connectivity index is 1.56. The fraction of sp³-hybridized carbons (Fsp3) is 0.200. The smallest absolute Gasteiger partial charge is 0.264 e. The summed E-state index contributed by atoms with van der Waals surface area (Å²) < 4.78 is 11.0. The maximum absolute atomic E-state index is 12.1. The molecule has 0 saturated heterocycles. The topological polar surface area (TPSA) is 60.5 Å². The largest absolute Gasteiger partial charge is 0.494 e.